The van der Waals surface area contributed by atoms with Gasteiger partial charge in [0.05, 0.1) is 6.20 Å². The van der Waals surface area contributed by atoms with Gasteiger partial charge < -0.3 is 0 Å². The zero-order chi connectivity index (χ0) is 15.5. The number of benzene rings is 1. The molecule has 0 unspecified atom stereocenters. The quantitative estimate of drug-likeness (QED) is 0.640. The van der Waals surface area contributed by atoms with Crippen molar-refractivity contribution in [3.63, 3.8) is 0 Å². The minimum Gasteiger partial charge on any atom is -0.292 e. The molecule has 2 rings (SSSR count). The highest BCUT2D eigenvalue weighted by molar-refractivity contribution is 5.97. The van der Waals surface area contributed by atoms with Gasteiger partial charge in [-0.25, -0.2) is 4.98 Å². The van der Waals surface area contributed by atoms with Gasteiger partial charge in [-0.15, -0.1) is 0 Å². The van der Waals surface area contributed by atoms with Crippen molar-refractivity contribution >= 4 is 11.6 Å². The monoisotopic (exact) mass is 283 g/mol. The predicted molar refractivity (Wildman–Crippen MR) is 79.0 cm³/mol. The summed E-state index contributed by atoms with van der Waals surface area (Å²) < 4.78 is 1.70. The lowest BCUT2D eigenvalue weighted by Gasteiger charge is -2.14. The van der Waals surface area contributed by atoms with Crippen LogP contribution in [0.5, 0.6) is 0 Å². The third-order valence-corrected chi connectivity index (χ3v) is 3.10. The van der Waals surface area contributed by atoms with Crippen LogP contribution in [-0.2, 0) is 6.54 Å². The Balaban J connectivity index is 2.19. The van der Waals surface area contributed by atoms with Gasteiger partial charge in [0.25, 0.3) is 0 Å². The van der Waals surface area contributed by atoms with Gasteiger partial charge in [-0.1, -0.05) is 51.1 Å². The van der Waals surface area contributed by atoms with Crippen LogP contribution in [0.3, 0.4) is 0 Å². The Kier molecular flexibility index (Phi) is 4.26. The van der Waals surface area contributed by atoms with Gasteiger partial charge in [0, 0.05) is 11.0 Å². The topological polar surface area (TPSA) is 50.9 Å². The van der Waals surface area contributed by atoms with Crippen molar-refractivity contribution in [1.82, 2.24) is 4.98 Å². The number of ketones is 2. The molecule has 0 aliphatic rings. The van der Waals surface area contributed by atoms with E-state index in [1.165, 1.54) is 0 Å². The number of aromatic nitrogens is 2. The molecule has 0 radical (unpaired) electrons. The van der Waals surface area contributed by atoms with E-state index >= 15 is 0 Å². The molecule has 108 valence electrons. The minimum absolute atomic E-state index is 0.000887. The molecule has 1 aromatic carbocycles. The van der Waals surface area contributed by atoms with Gasteiger partial charge in [-0.05, 0) is 0 Å². The molecule has 0 amide bonds. The van der Waals surface area contributed by atoms with Crippen molar-refractivity contribution in [3.05, 3.63) is 60.2 Å². The first-order valence-corrected chi connectivity index (χ1v) is 6.86. The number of Topliss-reactive ketones (excluding diaryl/α,β-unsaturated/α-hetero) is 2. The SMILES string of the molecule is CC(C)(C)C(=O)c1c[n+](CC(=O)c2ccccc2)ccn1. The molecule has 4 heteroatoms. The Labute approximate surface area is 124 Å². The zero-order valence-electron chi connectivity index (χ0n) is 12.5. The van der Waals surface area contributed by atoms with E-state index in [4.69, 9.17) is 0 Å². The molecular weight excluding hydrogens is 264 g/mol. The Morgan fingerprint density at radius 1 is 1.14 bits per heavy atom. The van der Waals surface area contributed by atoms with Crippen LogP contribution in [0.25, 0.3) is 0 Å². The van der Waals surface area contributed by atoms with E-state index in [0.29, 0.717) is 11.3 Å². The summed E-state index contributed by atoms with van der Waals surface area (Å²) in [5.41, 5.74) is 0.548. The van der Waals surface area contributed by atoms with Crippen molar-refractivity contribution in [2.24, 2.45) is 5.41 Å². The van der Waals surface area contributed by atoms with Crippen LogP contribution in [0.2, 0.25) is 0 Å². The molecule has 1 heterocycles. The van der Waals surface area contributed by atoms with Crippen LogP contribution in [0, 0.1) is 5.41 Å². The highest BCUT2D eigenvalue weighted by atomic mass is 16.1. The summed E-state index contributed by atoms with van der Waals surface area (Å²) in [5.74, 6) is -0.0371. The largest absolute Gasteiger partial charge is 0.292 e. The normalized spacial score (nSPS) is 11.2. The molecule has 0 aliphatic heterocycles. The molecule has 1 aromatic heterocycles. The Bertz CT molecular complexity index is 658. The average Bonchev–Trinajstić information content (AvgIpc) is 2.46. The average molecular weight is 283 g/mol. The van der Waals surface area contributed by atoms with Crippen molar-refractivity contribution in [3.8, 4) is 0 Å². The lowest BCUT2D eigenvalue weighted by atomic mass is 9.89. The maximum absolute atomic E-state index is 12.2. The first kappa shape index (κ1) is 15.0. The lowest BCUT2D eigenvalue weighted by molar-refractivity contribution is -0.683. The first-order chi connectivity index (χ1) is 9.88. The summed E-state index contributed by atoms with van der Waals surface area (Å²) in [6, 6.07) is 9.10. The standard InChI is InChI=1S/C17H19N2O2/c1-17(2,3)16(21)14-11-19(10-9-18-14)12-15(20)13-7-5-4-6-8-13/h4-11H,12H2,1-3H3/q+1. The molecule has 2 aromatic rings. The van der Waals surface area contributed by atoms with Crippen molar-refractivity contribution in [2.45, 2.75) is 27.3 Å². The van der Waals surface area contributed by atoms with E-state index in [0.717, 1.165) is 0 Å². The van der Waals surface area contributed by atoms with Crippen LogP contribution in [-0.4, -0.2) is 16.6 Å². The second-order valence-electron chi connectivity index (χ2n) is 5.98. The Morgan fingerprint density at radius 2 is 1.81 bits per heavy atom. The first-order valence-electron chi connectivity index (χ1n) is 6.86. The summed E-state index contributed by atoms with van der Waals surface area (Å²) >= 11 is 0. The van der Waals surface area contributed by atoms with Gasteiger partial charge in [0.2, 0.25) is 12.3 Å². The van der Waals surface area contributed by atoms with Gasteiger partial charge in [-0.3, -0.25) is 9.59 Å². The van der Waals surface area contributed by atoms with Gasteiger partial charge in [0.1, 0.15) is 0 Å². The van der Waals surface area contributed by atoms with Crippen molar-refractivity contribution < 1.29 is 14.2 Å². The van der Waals surface area contributed by atoms with Gasteiger partial charge >= 0.3 is 0 Å². The summed E-state index contributed by atoms with van der Waals surface area (Å²) in [6.45, 7) is 5.74. The fourth-order valence-electron chi connectivity index (χ4n) is 1.91. The van der Waals surface area contributed by atoms with E-state index < -0.39 is 5.41 Å². The zero-order valence-corrected chi connectivity index (χ0v) is 12.5. The van der Waals surface area contributed by atoms with E-state index in [-0.39, 0.29) is 18.1 Å². The second-order valence-corrected chi connectivity index (χ2v) is 5.98. The minimum atomic E-state index is -0.490. The predicted octanol–water partition coefficient (Wildman–Crippen LogP) is 2.48. The van der Waals surface area contributed by atoms with E-state index in [9.17, 15) is 9.59 Å². The van der Waals surface area contributed by atoms with Gasteiger partial charge in [-0.2, -0.15) is 4.57 Å². The number of rotatable bonds is 4. The van der Waals surface area contributed by atoms with Crippen LogP contribution in [0.15, 0.2) is 48.9 Å². The van der Waals surface area contributed by atoms with Crippen LogP contribution < -0.4 is 4.57 Å². The molecule has 4 nitrogen and oxygen atoms in total. The molecule has 0 fully saturated rings. The molecule has 0 atom stereocenters. The van der Waals surface area contributed by atoms with E-state index in [1.807, 2.05) is 39.0 Å². The summed E-state index contributed by atoms with van der Waals surface area (Å²) in [5, 5.41) is 0. The molecule has 21 heavy (non-hydrogen) atoms. The molecule has 0 spiro atoms. The lowest BCUT2D eigenvalue weighted by Crippen LogP contribution is -2.39. The summed E-state index contributed by atoms with van der Waals surface area (Å²) in [4.78, 5) is 28.5. The third-order valence-electron chi connectivity index (χ3n) is 3.10. The summed E-state index contributed by atoms with van der Waals surface area (Å²) in [7, 11) is 0. The maximum atomic E-state index is 12.2. The third kappa shape index (κ3) is 3.81. The maximum Gasteiger partial charge on any atom is 0.227 e. The number of carbonyl (C=O) groups is 2. The van der Waals surface area contributed by atoms with Crippen LogP contribution in [0.4, 0.5) is 0 Å². The van der Waals surface area contributed by atoms with Crippen LogP contribution >= 0.6 is 0 Å². The number of nitrogens with zero attached hydrogens (tertiary/aromatic N) is 2. The second kappa shape index (κ2) is 5.95. The number of hydrogen-bond donors (Lipinski definition) is 0. The van der Waals surface area contributed by atoms with Gasteiger partial charge in [0.15, 0.2) is 23.9 Å². The Hall–Kier alpha value is -2.36. The fourth-order valence-corrected chi connectivity index (χ4v) is 1.91. The number of carbonyl (C=O) groups excluding carboxylic acids is 2. The molecule has 0 bridgehead atoms. The number of hydrogen-bond acceptors (Lipinski definition) is 3. The molecule has 0 aliphatic carbocycles. The fraction of sp³-hybridized carbons (Fsp3) is 0.294. The summed E-state index contributed by atoms with van der Waals surface area (Å²) in [6.07, 6.45) is 4.88. The van der Waals surface area contributed by atoms with Crippen molar-refractivity contribution in [2.75, 3.05) is 0 Å². The van der Waals surface area contributed by atoms with Crippen LogP contribution in [0.1, 0.15) is 41.6 Å². The van der Waals surface area contributed by atoms with E-state index in [2.05, 4.69) is 4.98 Å². The van der Waals surface area contributed by atoms with Crippen molar-refractivity contribution in [1.29, 1.82) is 0 Å². The highest BCUT2D eigenvalue weighted by Gasteiger charge is 2.26. The highest BCUT2D eigenvalue weighted by Crippen LogP contribution is 2.18. The molecule has 0 saturated carbocycles. The Morgan fingerprint density at radius 3 is 2.43 bits per heavy atom. The van der Waals surface area contributed by atoms with E-state index in [1.54, 1.807) is 35.3 Å². The molecule has 0 N–H and O–H groups in total. The molecular formula is C17H19N2O2+. The smallest absolute Gasteiger partial charge is 0.227 e. The molecule has 0 saturated heterocycles.